The van der Waals surface area contributed by atoms with E-state index in [2.05, 4.69) is 5.32 Å². The number of benzene rings is 2. The lowest BCUT2D eigenvalue weighted by Gasteiger charge is -2.18. The van der Waals surface area contributed by atoms with Crippen molar-refractivity contribution in [3.05, 3.63) is 54.1 Å². The molecule has 2 aromatic carbocycles. The molecule has 1 heterocycles. The van der Waals surface area contributed by atoms with Gasteiger partial charge in [-0.2, -0.15) is 0 Å². The minimum atomic E-state index is -0.393. The van der Waals surface area contributed by atoms with Gasteiger partial charge >= 0.3 is 0 Å². The summed E-state index contributed by atoms with van der Waals surface area (Å²) in [5.74, 6) is 0.235. The van der Waals surface area contributed by atoms with E-state index in [1.807, 2.05) is 24.3 Å². The number of hydrogen-bond acceptors (Lipinski definition) is 4. The molecule has 2 N–H and O–H groups in total. The van der Waals surface area contributed by atoms with Gasteiger partial charge in [0, 0.05) is 30.8 Å². The summed E-state index contributed by atoms with van der Waals surface area (Å²) in [6, 6.07) is 13.8. The number of carbonyl (C=O) groups is 2. The molecule has 0 bridgehead atoms. The Bertz CT molecular complexity index is 773. The predicted molar refractivity (Wildman–Crippen MR) is 93.3 cm³/mol. The van der Waals surface area contributed by atoms with Crippen LogP contribution in [0.2, 0.25) is 0 Å². The quantitative estimate of drug-likeness (QED) is 0.819. The Kier molecular flexibility index (Phi) is 4.88. The molecule has 2 amide bonds. The Morgan fingerprint density at radius 3 is 2.68 bits per heavy atom. The van der Waals surface area contributed by atoms with Crippen LogP contribution in [-0.4, -0.2) is 35.5 Å². The van der Waals surface area contributed by atoms with E-state index in [1.165, 1.54) is 12.1 Å². The van der Waals surface area contributed by atoms with Crippen molar-refractivity contribution in [2.45, 2.75) is 13.0 Å². The zero-order valence-electron chi connectivity index (χ0n) is 13.9. The van der Waals surface area contributed by atoms with Gasteiger partial charge in [-0.3, -0.25) is 9.59 Å². The van der Waals surface area contributed by atoms with E-state index in [0.717, 1.165) is 11.3 Å². The molecule has 0 aliphatic carbocycles. The molecule has 2 aromatic rings. The molecule has 1 fully saturated rings. The number of carbonyl (C=O) groups excluding carboxylic acids is 2. The van der Waals surface area contributed by atoms with E-state index in [9.17, 15) is 14.7 Å². The number of phenols is 1. The summed E-state index contributed by atoms with van der Waals surface area (Å²) >= 11 is 0. The largest absolute Gasteiger partial charge is 0.508 e. The fourth-order valence-corrected chi connectivity index (χ4v) is 2.93. The average Bonchev–Trinajstić information content (AvgIpc) is 2.98. The number of rotatable bonds is 5. The second kappa shape index (κ2) is 7.25. The van der Waals surface area contributed by atoms with Crippen LogP contribution < -0.4 is 10.1 Å². The fraction of sp³-hybridized carbons (Fsp3) is 0.263. The lowest BCUT2D eigenvalue weighted by atomic mass is 10.1. The van der Waals surface area contributed by atoms with Crippen LogP contribution in [0.3, 0.4) is 0 Å². The number of nitrogens with one attached hydrogen (secondary N) is 1. The van der Waals surface area contributed by atoms with Crippen LogP contribution in [-0.2, 0) is 16.1 Å². The van der Waals surface area contributed by atoms with Crippen LogP contribution in [0.5, 0.6) is 11.5 Å². The first kappa shape index (κ1) is 16.8. The third kappa shape index (κ3) is 3.91. The lowest BCUT2D eigenvalue weighted by Crippen LogP contribution is -2.28. The van der Waals surface area contributed by atoms with Gasteiger partial charge in [-0.05, 0) is 30.3 Å². The standard InChI is InChI=1S/C19H20N2O4/c1-25-17-5-3-2-4-13(17)11-21-12-14(10-18(21)23)19(24)20-15-6-8-16(22)9-7-15/h2-9,14,22H,10-12H2,1H3,(H,20,24)/t14-/m0/s1. The summed E-state index contributed by atoms with van der Waals surface area (Å²) in [6.07, 6.45) is 0.194. The van der Waals surface area contributed by atoms with E-state index in [4.69, 9.17) is 4.74 Å². The Labute approximate surface area is 146 Å². The number of phenolic OH excluding ortho intramolecular Hbond substituents is 1. The Balaban J connectivity index is 1.63. The van der Waals surface area contributed by atoms with Crippen molar-refractivity contribution in [1.29, 1.82) is 0 Å². The van der Waals surface area contributed by atoms with Gasteiger partial charge in [0.15, 0.2) is 0 Å². The Hall–Kier alpha value is -3.02. The number of aromatic hydroxyl groups is 1. The van der Waals surface area contributed by atoms with Crippen LogP contribution in [0.15, 0.2) is 48.5 Å². The number of methoxy groups -OCH3 is 1. The van der Waals surface area contributed by atoms with Crippen molar-refractivity contribution in [2.24, 2.45) is 5.92 Å². The van der Waals surface area contributed by atoms with Crippen molar-refractivity contribution in [1.82, 2.24) is 4.90 Å². The maximum atomic E-state index is 12.4. The summed E-state index contributed by atoms with van der Waals surface area (Å²) in [4.78, 5) is 26.3. The summed E-state index contributed by atoms with van der Waals surface area (Å²) < 4.78 is 5.32. The van der Waals surface area contributed by atoms with Crippen LogP contribution >= 0.6 is 0 Å². The summed E-state index contributed by atoms with van der Waals surface area (Å²) in [7, 11) is 1.60. The molecule has 6 heteroatoms. The summed E-state index contributed by atoms with van der Waals surface area (Å²) in [6.45, 7) is 0.798. The second-order valence-corrected chi connectivity index (χ2v) is 6.02. The molecule has 130 valence electrons. The number of amides is 2. The maximum Gasteiger partial charge on any atom is 0.229 e. The van der Waals surface area contributed by atoms with Crippen molar-refractivity contribution in [2.75, 3.05) is 19.0 Å². The third-order valence-electron chi connectivity index (χ3n) is 4.27. The van der Waals surface area contributed by atoms with Gasteiger partial charge in [0.1, 0.15) is 11.5 Å². The molecule has 0 radical (unpaired) electrons. The normalized spacial score (nSPS) is 16.8. The fourth-order valence-electron chi connectivity index (χ4n) is 2.93. The molecular weight excluding hydrogens is 320 g/mol. The maximum absolute atomic E-state index is 12.4. The SMILES string of the molecule is COc1ccccc1CN1C[C@@H](C(=O)Nc2ccc(O)cc2)CC1=O. The second-order valence-electron chi connectivity index (χ2n) is 6.02. The monoisotopic (exact) mass is 340 g/mol. The van der Waals surface area contributed by atoms with Crippen LogP contribution in [0.1, 0.15) is 12.0 Å². The summed E-state index contributed by atoms with van der Waals surface area (Å²) in [5.41, 5.74) is 1.51. The minimum absolute atomic E-state index is 0.0447. The topological polar surface area (TPSA) is 78.9 Å². The van der Waals surface area contributed by atoms with Crippen LogP contribution in [0, 0.1) is 5.92 Å². The van der Waals surface area contributed by atoms with E-state index in [1.54, 1.807) is 24.1 Å². The average molecular weight is 340 g/mol. The van der Waals surface area contributed by atoms with E-state index in [-0.39, 0.29) is 24.0 Å². The molecule has 1 saturated heterocycles. The molecule has 25 heavy (non-hydrogen) atoms. The van der Waals surface area contributed by atoms with E-state index in [0.29, 0.717) is 18.8 Å². The van der Waals surface area contributed by atoms with Crippen LogP contribution in [0.4, 0.5) is 5.69 Å². The molecule has 6 nitrogen and oxygen atoms in total. The predicted octanol–water partition coefficient (Wildman–Crippen LogP) is 2.39. The molecular formula is C19H20N2O4. The van der Waals surface area contributed by atoms with Gasteiger partial charge in [-0.15, -0.1) is 0 Å². The van der Waals surface area contributed by atoms with Gasteiger partial charge in [-0.25, -0.2) is 0 Å². The molecule has 0 saturated carbocycles. The molecule has 0 spiro atoms. The molecule has 1 aliphatic rings. The van der Waals surface area contributed by atoms with Gasteiger partial charge in [0.25, 0.3) is 0 Å². The van der Waals surface area contributed by atoms with Crippen LogP contribution in [0.25, 0.3) is 0 Å². The van der Waals surface area contributed by atoms with Gasteiger partial charge < -0.3 is 20.1 Å². The highest BCUT2D eigenvalue weighted by atomic mass is 16.5. The third-order valence-corrected chi connectivity index (χ3v) is 4.27. The minimum Gasteiger partial charge on any atom is -0.508 e. The molecule has 1 aliphatic heterocycles. The number of anilines is 1. The zero-order valence-corrected chi connectivity index (χ0v) is 13.9. The number of ether oxygens (including phenoxy) is 1. The molecule has 0 unspecified atom stereocenters. The highest BCUT2D eigenvalue weighted by Gasteiger charge is 2.34. The van der Waals surface area contributed by atoms with Gasteiger partial charge in [0.2, 0.25) is 11.8 Å². The van der Waals surface area contributed by atoms with Gasteiger partial charge in [0.05, 0.1) is 13.0 Å². The highest BCUT2D eigenvalue weighted by molar-refractivity contribution is 5.97. The van der Waals surface area contributed by atoms with Gasteiger partial charge in [-0.1, -0.05) is 18.2 Å². The summed E-state index contributed by atoms with van der Waals surface area (Å²) in [5, 5.41) is 12.1. The van der Waals surface area contributed by atoms with Crippen molar-refractivity contribution >= 4 is 17.5 Å². The molecule has 3 rings (SSSR count). The first-order valence-electron chi connectivity index (χ1n) is 8.06. The Morgan fingerprint density at radius 1 is 1.24 bits per heavy atom. The zero-order chi connectivity index (χ0) is 17.8. The number of nitrogens with zero attached hydrogens (tertiary/aromatic N) is 1. The van der Waals surface area contributed by atoms with Crippen molar-refractivity contribution in [3.8, 4) is 11.5 Å². The lowest BCUT2D eigenvalue weighted by molar-refractivity contribution is -0.128. The first-order chi connectivity index (χ1) is 12.1. The van der Waals surface area contributed by atoms with Crippen molar-refractivity contribution < 1.29 is 19.4 Å². The Morgan fingerprint density at radius 2 is 1.96 bits per heavy atom. The number of para-hydroxylation sites is 1. The first-order valence-corrected chi connectivity index (χ1v) is 8.06. The van der Waals surface area contributed by atoms with E-state index >= 15 is 0 Å². The van der Waals surface area contributed by atoms with E-state index < -0.39 is 5.92 Å². The number of hydrogen-bond donors (Lipinski definition) is 2. The smallest absolute Gasteiger partial charge is 0.229 e. The molecule has 1 atom stereocenters. The highest BCUT2D eigenvalue weighted by Crippen LogP contribution is 2.25. The molecule has 0 aromatic heterocycles. The van der Waals surface area contributed by atoms with Crippen molar-refractivity contribution in [3.63, 3.8) is 0 Å². The number of likely N-dealkylation sites (tertiary alicyclic amines) is 1.